The number of nitrogen functional groups attached to an aromatic ring is 1. The Morgan fingerprint density at radius 2 is 2.11 bits per heavy atom. The number of hydrogen-bond acceptors (Lipinski definition) is 3. The number of thioether (sulfide) groups is 1. The Hall–Kier alpha value is -0.940. The van der Waals surface area contributed by atoms with Gasteiger partial charge in [0.15, 0.2) is 0 Å². The van der Waals surface area contributed by atoms with Crippen LogP contribution < -0.4 is 5.73 Å². The first-order valence-electron chi connectivity index (χ1n) is 6.37. The van der Waals surface area contributed by atoms with Crippen molar-refractivity contribution in [1.82, 2.24) is 9.78 Å². The SMILES string of the molecule is CCc1cc(CSc2ccc(Br)cc2N)n(CC)n1. The summed E-state index contributed by atoms with van der Waals surface area (Å²) in [7, 11) is 0. The monoisotopic (exact) mass is 339 g/mol. The Labute approximate surface area is 126 Å². The summed E-state index contributed by atoms with van der Waals surface area (Å²) in [6, 6.07) is 8.20. The lowest BCUT2D eigenvalue weighted by atomic mass is 10.3. The fourth-order valence-corrected chi connectivity index (χ4v) is 3.18. The van der Waals surface area contributed by atoms with Crippen molar-refractivity contribution >= 4 is 33.4 Å². The molecule has 0 aliphatic rings. The molecule has 0 fully saturated rings. The molecule has 0 aliphatic heterocycles. The van der Waals surface area contributed by atoms with E-state index in [4.69, 9.17) is 5.73 Å². The van der Waals surface area contributed by atoms with Gasteiger partial charge >= 0.3 is 0 Å². The smallest absolute Gasteiger partial charge is 0.0625 e. The molecule has 0 unspecified atom stereocenters. The van der Waals surface area contributed by atoms with Crippen LogP contribution in [-0.4, -0.2) is 9.78 Å². The molecule has 1 heterocycles. The van der Waals surface area contributed by atoms with Crippen molar-refractivity contribution in [3.63, 3.8) is 0 Å². The van der Waals surface area contributed by atoms with Crippen LogP contribution in [0.1, 0.15) is 25.2 Å². The third kappa shape index (κ3) is 3.54. The van der Waals surface area contributed by atoms with Crippen LogP contribution in [0.25, 0.3) is 0 Å². The van der Waals surface area contributed by atoms with E-state index < -0.39 is 0 Å². The number of nitrogens with two attached hydrogens (primary N) is 1. The molecule has 1 aromatic carbocycles. The molecule has 2 N–H and O–H groups in total. The Morgan fingerprint density at radius 1 is 1.32 bits per heavy atom. The van der Waals surface area contributed by atoms with Gasteiger partial charge in [-0.15, -0.1) is 11.8 Å². The van der Waals surface area contributed by atoms with E-state index in [1.54, 1.807) is 11.8 Å². The lowest BCUT2D eigenvalue weighted by Crippen LogP contribution is -2.01. The van der Waals surface area contributed by atoms with Gasteiger partial charge in [0.1, 0.15) is 0 Å². The van der Waals surface area contributed by atoms with Crippen molar-refractivity contribution in [3.05, 3.63) is 40.1 Å². The Bertz CT molecular complexity index is 566. The largest absolute Gasteiger partial charge is 0.398 e. The third-order valence-corrected chi connectivity index (χ3v) is 4.54. The number of aryl methyl sites for hydroxylation is 2. The summed E-state index contributed by atoms with van der Waals surface area (Å²) in [4.78, 5) is 1.12. The minimum Gasteiger partial charge on any atom is -0.398 e. The molecule has 0 saturated carbocycles. The van der Waals surface area contributed by atoms with E-state index in [0.29, 0.717) is 0 Å². The maximum absolute atomic E-state index is 6.01. The molecule has 19 heavy (non-hydrogen) atoms. The van der Waals surface area contributed by atoms with Gasteiger partial charge in [0, 0.05) is 33.0 Å². The van der Waals surface area contributed by atoms with Crippen LogP contribution >= 0.6 is 27.7 Å². The van der Waals surface area contributed by atoms with E-state index in [-0.39, 0.29) is 0 Å². The van der Waals surface area contributed by atoms with Crippen LogP contribution in [0.4, 0.5) is 5.69 Å². The number of benzene rings is 1. The summed E-state index contributed by atoms with van der Waals surface area (Å²) < 4.78 is 3.09. The molecule has 2 rings (SSSR count). The van der Waals surface area contributed by atoms with Gasteiger partial charge in [0.05, 0.1) is 5.69 Å². The highest BCUT2D eigenvalue weighted by molar-refractivity contribution is 9.10. The fourth-order valence-electron chi connectivity index (χ4n) is 1.88. The number of hydrogen-bond donors (Lipinski definition) is 1. The van der Waals surface area contributed by atoms with Gasteiger partial charge in [-0.25, -0.2) is 0 Å². The molecular formula is C14H18BrN3S. The van der Waals surface area contributed by atoms with Crippen LogP contribution in [0, 0.1) is 0 Å². The van der Waals surface area contributed by atoms with Crippen LogP contribution in [0.3, 0.4) is 0 Å². The molecule has 5 heteroatoms. The van der Waals surface area contributed by atoms with Crippen molar-refractivity contribution in [3.8, 4) is 0 Å². The maximum Gasteiger partial charge on any atom is 0.0625 e. The topological polar surface area (TPSA) is 43.8 Å². The van der Waals surface area contributed by atoms with E-state index in [0.717, 1.165) is 39.5 Å². The van der Waals surface area contributed by atoms with Crippen molar-refractivity contribution in [2.24, 2.45) is 0 Å². The van der Waals surface area contributed by atoms with Crippen molar-refractivity contribution < 1.29 is 0 Å². The lowest BCUT2D eigenvalue weighted by Gasteiger charge is -2.07. The summed E-state index contributed by atoms with van der Waals surface area (Å²) in [5, 5.41) is 4.56. The standard InChI is InChI=1S/C14H18BrN3S/c1-3-11-8-12(18(4-2)17-11)9-19-14-6-5-10(15)7-13(14)16/h5-8H,3-4,9,16H2,1-2H3. The number of nitrogens with zero attached hydrogens (tertiary/aromatic N) is 2. The molecule has 0 spiro atoms. The van der Waals surface area contributed by atoms with Crippen LogP contribution in [0.2, 0.25) is 0 Å². The molecular weight excluding hydrogens is 322 g/mol. The molecule has 0 atom stereocenters. The van der Waals surface area contributed by atoms with E-state index in [1.807, 2.05) is 12.1 Å². The summed E-state index contributed by atoms with van der Waals surface area (Å²) in [6.07, 6.45) is 0.977. The first-order valence-corrected chi connectivity index (χ1v) is 8.15. The third-order valence-electron chi connectivity index (χ3n) is 2.92. The molecule has 0 amide bonds. The maximum atomic E-state index is 6.01. The minimum atomic E-state index is 0.817. The van der Waals surface area contributed by atoms with Gasteiger partial charge in [-0.2, -0.15) is 5.10 Å². The molecule has 3 nitrogen and oxygen atoms in total. The molecule has 1 aromatic heterocycles. The molecule has 0 bridgehead atoms. The average Bonchev–Trinajstić information content (AvgIpc) is 2.80. The molecule has 0 radical (unpaired) electrons. The van der Waals surface area contributed by atoms with E-state index >= 15 is 0 Å². The molecule has 102 valence electrons. The highest BCUT2D eigenvalue weighted by atomic mass is 79.9. The Morgan fingerprint density at radius 3 is 2.74 bits per heavy atom. The van der Waals surface area contributed by atoms with Crippen molar-refractivity contribution in [1.29, 1.82) is 0 Å². The lowest BCUT2D eigenvalue weighted by molar-refractivity contribution is 0.628. The number of anilines is 1. The second-order valence-corrected chi connectivity index (χ2v) is 6.20. The first-order chi connectivity index (χ1) is 9.13. The fraction of sp³-hybridized carbons (Fsp3) is 0.357. The second-order valence-electron chi connectivity index (χ2n) is 4.27. The predicted molar refractivity (Wildman–Crippen MR) is 85.4 cm³/mol. The zero-order valence-electron chi connectivity index (χ0n) is 11.2. The quantitative estimate of drug-likeness (QED) is 0.658. The van der Waals surface area contributed by atoms with Crippen molar-refractivity contribution in [2.45, 2.75) is 37.5 Å². The summed E-state index contributed by atoms with van der Waals surface area (Å²) in [5.41, 5.74) is 9.24. The predicted octanol–water partition coefficient (Wildman–Crippen LogP) is 4.10. The van der Waals surface area contributed by atoms with Gasteiger partial charge in [-0.05, 0) is 37.6 Å². The van der Waals surface area contributed by atoms with Gasteiger partial charge in [0.25, 0.3) is 0 Å². The first kappa shape index (κ1) is 14.5. The highest BCUT2D eigenvalue weighted by Gasteiger charge is 2.07. The zero-order valence-corrected chi connectivity index (χ0v) is 13.6. The molecule has 0 saturated heterocycles. The zero-order chi connectivity index (χ0) is 13.8. The second kappa shape index (κ2) is 6.48. The van der Waals surface area contributed by atoms with Crippen LogP contribution in [0.5, 0.6) is 0 Å². The summed E-state index contributed by atoms with van der Waals surface area (Å²) in [5.74, 6) is 0.896. The number of aromatic nitrogens is 2. The summed E-state index contributed by atoms with van der Waals surface area (Å²) >= 11 is 5.18. The summed E-state index contributed by atoms with van der Waals surface area (Å²) in [6.45, 7) is 5.16. The van der Waals surface area contributed by atoms with Gasteiger partial charge in [-0.3, -0.25) is 4.68 Å². The minimum absolute atomic E-state index is 0.817. The number of rotatable bonds is 5. The molecule has 0 aliphatic carbocycles. The highest BCUT2D eigenvalue weighted by Crippen LogP contribution is 2.30. The average molecular weight is 340 g/mol. The normalized spacial score (nSPS) is 10.9. The Kier molecular flexibility index (Phi) is 4.93. The van der Waals surface area contributed by atoms with Crippen LogP contribution in [0.15, 0.2) is 33.6 Å². The van der Waals surface area contributed by atoms with Crippen LogP contribution in [-0.2, 0) is 18.7 Å². The van der Waals surface area contributed by atoms with Gasteiger partial charge < -0.3 is 5.73 Å². The van der Waals surface area contributed by atoms with Crippen molar-refractivity contribution in [2.75, 3.05) is 5.73 Å². The molecule has 2 aromatic rings. The Balaban J connectivity index is 2.11. The van der Waals surface area contributed by atoms with E-state index in [9.17, 15) is 0 Å². The van der Waals surface area contributed by atoms with Gasteiger partial charge in [-0.1, -0.05) is 22.9 Å². The van der Waals surface area contributed by atoms with E-state index in [1.165, 1.54) is 5.69 Å². The van der Waals surface area contributed by atoms with Gasteiger partial charge in [0.2, 0.25) is 0 Å². The number of halogens is 1. The van der Waals surface area contributed by atoms with E-state index in [2.05, 4.69) is 51.7 Å².